The van der Waals surface area contributed by atoms with Crippen LogP contribution in [-0.4, -0.2) is 28.8 Å². The Morgan fingerprint density at radius 3 is 2.48 bits per heavy atom. The Balaban J connectivity index is 1.89. The Bertz CT molecular complexity index is 1080. The van der Waals surface area contributed by atoms with E-state index in [2.05, 4.69) is 10.4 Å². The standard InChI is InChI=1S/C23H25N3O3/c1-14-10-11-15(2)20(12-14)22(27)24-21-16(3)25-26(17(21)4)13-18-8-6-7-9-19(18)23(28)29-5/h6-12H,13H2,1-5H3,(H,24,27). The first kappa shape index (κ1) is 20.3. The van der Waals surface area contributed by atoms with Crippen LogP contribution in [0.2, 0.25) is 0 Å². The third kappa shape index (κ3) is 4.21. The van der Waals surface area contributed by atoms with Crippen LogP contribution in [0.5, 0.6) is 0 Å². The molecule has 0 aliphatic carbocycles. The van der Waals surface area contributed by atoms with Crippen LogP contribution in [0, 0.1) is 27.7 Å². The first-order valence-corrected chi connectivity index (χ1v) is 9.40. The molecular formula is C23H25N3O3. The van der Waals surface area contributed by atoms with Gasteiger partial charge in [0.25, 0.3) is 5.91 Å². The molecule has 29 heavy (non-hydrogen) atoms. The van der Waals surface area contributed by atoms with Gasteiger partial charge in [0.1, 0.15) is 0 Å². The molecule has 3 rings (SSSR count). The van der Waals surface area contributed by atoms with Crippen molar-refractivity contribution in [3.8, 4) is 0 Å². The van der Waals surface area contributed by atoms with Crippen molar-refractivity contribution in [2.24, 2.45) is 0 Å². The molecule has 0 spiro atoms. The number of hydrogen-bond donors (Lipinski definition) is 1. The van der Waals surface area contributed by atoms with Gasteiger partial charge in [-0.3, -0.25) is 9.48 Å². The van der Waals surface area contributed by atoms with Gasteiger partial charge in [0.2, 0.25) is 0 Å². The third-order valence-corrected chi connectivity index (χ3v) is 5.00. The number of ether oxygens (including phenoxy) is 1. The number of aromatic nitrogens is 2. The van der Waals surface area contributed by atoms with Crippen molar-refractivity contribution in [3.05, 3.63) is 81.7 Å². The molecular weight excluding hydrogens is 366 g/mol. The number of carbonyl (C=O) groups is 2. The Morgan fingerprint density at radius 2 is 1.76 bits per heavy atom. The van der Waals surface area contributed by atoms with E-state index in [1.807, 2.05) is 58.0 Å². The number of amides is 1. The molecule has 0 aliphatic rings. The summed E-state index contributed by atoms with van der Waals surface area (Å²) in [4.78, 5) is 24.9. The summed E-state index contributed by atoms with van der Waals surface area (Å²) in [6.07, 6.45) is 0. The molecule has 1 N–H and O–H groups in total. The van der Waals surface area contributed by atoms with Gasteiger partial charge < -0.3 is 10.1 Å². The highest BCUT2D eigenvalue weighted by Crippen LogP contribution is 2.23. The van der Waals surface area contributed by atoms with E-state index < -0.39 is 0 Å². The summed E-state index contributed by atoms with van der Waals surface area (Å²) < 4.78 is 6.66. The second-order valence-corrected chi connectivity index (χ2v) is 7.12. The number of nitrogens with one attached hydrogen (secondary N) is 1. The third-order valence-electron chi connectivity index (χ3n) is 5.00. The number of hydrogen-bond acceptors (Lipinski definition) is 4. The second kappa shape index (κ2) is 8.31. The zero-order chi connectivity index (χ0) is 21.1. The smallest absolute Gasteiger partial charge is 0.338 e. The first-order valence-electron chi connectivity index (χ1n) is 9.40. The van der Waals surface area contributed by atoms with Crippen molar-refractivity contribution in [2.45, 2.75) is 34.2 Å². The normalized spacial score (nSPS) is 10.7. The molecule has 2 aromatic carbocycles. The topological polar surface area (TPSA) is 73.2 Å². The van der Waals surface area contributed by atoms with E-state index in [4.69, 9.17) is 4.74 Å². The lowest BCUT2D eigenvalue weighted by Crippen LogP contribution is -2.15. The Morgan fingerprint density at radius 1 is 1.03 bits per heavy atom. The Labute approximate surface area is 170 Å². The fraction of sp³-hybridized carbons (Fsp3) is 0.261. The van der Waals surface area contributed by atoms with Crippen molar-refractivity contribution in [1.82, 2.24) is 9.78 Å². The zero-order valence-electron chi connectivity index (χ0n) is 17.4. The fourth-order valence-corrected chi connectivity index (χ4v) is 3.32. The summed E-state index contributed by atoms with van der Waals surface area (Å²) in [6, 6.07) is 13.1. The molecule has 1 heterocycles. The van der Waals surface area contributed by atoms with E-state index in [1.165, 1.54) is 7.11 Å². The van der Waals surface area contributed by atoms with Crippen LogP contribution < -0.4 is 5.32 Å². The Hall–Kier alpha value is -3.41. The highest BCUT2D eigenvalue weighted by molar-refractivity contribution is 6.06. The zero-order valence-corrected chi connectivity index (χ0v) is 17.4. The molecule has 6 nitrogen and oxygen atoms in total. The molecule has 0 saturated heterocycles. The molecule has 1 amide bonds. The number of carbonyl (C=O) groups excluding carboxylic acids is 2. The molecule has 0 bridgehead atoms. The van der Waals surface area contributed by atoms with Crippen LogP contribution in [0.15, 0.2) is 42.5 Å². The first-order chi connectivity index (χ1) is 13.8. The van der Waals surface area contributed by atoms with Gasteiger partial charge in [-0.05, 0) is 51.0 Å². The second-order valence-electron chi connectivity index (χ2n) is 7.12. The summed E-state index contributed by atoms with van der Waals surface area (Å²) in [5, 5.41) is 7.57. The molecule has 0 saturated carbocycles. The minimum absolute atomic E-state index is 0.160. The van der Waals surface area contributed by atoms with E-state index in [1.54, 1.807) is 16.8 Å². The summed E-state index contributed by atoms with van der Waals surface area (Å²) >= 11 is 0. The monoisotopic (exact) mass is 391 g/mol. The molecule has 0 aliphatic heterocycles. The number of benzene rings is 2. The highest BCUT2D eigenvalue weighted by atomic mass is 16.5. The molecule has 6 heteroatoms. The number of anilines is 1. The number of methoxy groups -OCH3 is 1. The van der Waals surface area contributed by atoms with Gasteiger partial charge in [-0.25, -0.2) is 4.79 Å². The van der Waals surface area contributed by atoms with Crippen molar-refractivity contribution < 1.29 is 14.3 Å². The number of aryl methyl sites for hydroxylation is 3. The van der Waals surface area contributed by atoms with Gasteiger partial charge in [0.15, 0.2) is 0 Å². The summed E-state index contributed by atoms with van der Waals surface area (Å²) in [5.74, 6) is -0.544. The number of esters is 1. The predicted octanol–water partition coefficient (Wildman–Crippen LogP) is 4.20. The molecule has 3 aromatic rings. The predicted molar refractivity (Wildman–Crippen MR) is 112 cm³/mol. The van der Waals surface area contributed by atoms with E-state index in [-0.39, 0.29) is 11.9 Å². The van der Waals surface area contributed by atoms with Gasteiger partial charge in [-0.15, -0.1) is 0 Å². The molecule has 0 fully saturated rings. The van der Waals surface area contributed by atoms with E-state index in [9.17, 15) is 9.59 Å². The quantitative estimate of drug-likeness (QED) is 0.662. The average Bonchev–Trinajstić information content (AvgIpc) is 2.97. The lowest BCUT2D eigenvalue weighted by atomic mass is 10.0. The molecule has 0 unspecified atom stereocenters. The molecule has 0 radical (unpaired) electrons. The number of rotatable bonds is 5. The van der Waals surface area contributed by atoms with Crippen LogP contribution >= 0.6 is 0 Å². The Kier molecular flexibility index (Phi) is 5.82. The fourth-order valence-electron chi connectivity index (χ4n) is 3.32. The lowest BCUT2D eigenvalue weighted by Gasteiger charge is -2.11. The van der Waals surface area contributed by atoms with E-state index in [0.29, 0.717) is 23.4 Å². The molecule has 1 aromatic heterocycles. The van der Waals surface area contributed by atoms with Gasteiger partial charge in [0.05, 0.1) is 36.3 Å². The van der Waals surface area contributed by atoms with Crippen molar-refractivity contribution in [1.29, 1.82) is 0 Å². The van der Waals surface area contributed by atoms with Gasteiger partial charge in [-0.2, -0.15) is 5.10 Å². The highest BCUT2D eigenvalue weighted by Gasteiger charge is 2.18. The van der Waals surface area contributed by atoms with Gasteiger partial charge in [-0.1, -0.05) is 35.9 Å². The van der Waals surface area contributed by atoms with E-state index >= 15 is 0 Å². The van der Waals surface area contributed by atoms with Gasteiger partial charge in [0, 0.05) is 5.56 Å². The van der Waals surface area contributed by atoms with Gasteiger partial charge >= 0.3 is 5.97 Å². The maximum atomic E-state index is 12.8. The SMILES string of the molecule is COC(=O)c1ccccc1Cn1nc(C)c(NC(=O)c2cc(C)ccc2C)c1C. The van der Waals surface area contributed by atoms with Crippen LogP contribution in [-0.2, 0) is 11.3 Å². The summed E-state index contributed by atoms with van der Waals surface area (Å²) in [5.41, 5.74) is 6.13. The van der Waals surface area contributed by atoms with Crippen LogP contribution in [0.1, 0.15) is 48.8 Å². The van der Waals surface area contributed by atoms with Crippen molar-refractivity contribution in [2.75, 3.05) is 12.4 Å². The minimum Gasteiger partial charge on any atom is -0.465 e. The average molecular weight is 391 g/mol. The largest absolute Gasteiger partial charge is 0.465 e. The molecule has 150 valence electrons. The lowest BCUT2D eigenvalue weighted by molar-refractivity contribution is 0.0599. The maximum absolute atomic E-state index is 12.8. The van der Waals surface area contributed by atoms with Crippen LogP contribution in [0.3, 0.4) is 0 Å². The van der Waals surface area contributed by atoms with Crippen molar-refractivity contribution in [3.63, 3.8) is 0 Å². The summed E-state index contributed by atoms with van der Waals surface area (Å²) in [7, 11) is 1.36. The van der Waals surface area contributed by atoms with Crippen LogP contribution in [0.4, 0.5) is 5.69 Å². The van der Waals surface area contributed by atoms with Crippen molar-refractivity contribution >= 4 is 17.6 Å². The number of nitrogens with zero attached hydrogens (tertiary/aromatic N) is 2. The maximum Gasteiger partial charge on any atom is 0.338 e. The molecule has 0 atom stereocenters. The summed E-state index contributed by atoms with van der Waals surface area (Å²) in [6.45, 7) is 8.04. The minimum atomic E-state index is -0.384. The van der Waals surface area contributed by atoms with E-state index in [0.717, 1.165) is 28.1 Å². The van der Waals surface area contributed by atoms with Crippen LogP contribution in [0.25, 0.3) is 0 Å².